The van der Waals surface area contributed by atoms with E-state index in [1.807, 2.05) is 72.8 Å². The van der Waals surface area contributed by atoms with Crippen molar-refractivity contribution in [3.63, 3.8) is 0 Å². The molecule has 0 fully saturated rings. The number of fused-ring (bicyclic) bond motifs is 2. The summed E-state index contributed by atoms with van der Waals surface area (Å²) in [4.78, 5) is 8.85. The van der Waals surface area contributed by atoms with E-state index in [1.165, 1.54) is 24.3 Å². The van der Waals surface area contributed by atoms with Gasteiger partial charge in [-0.1, -0.05) is 0 Å². The van der Waals surface area contributed by atoms with Crippen LogP contribution < -0.4 is 21.3 Å². The van der Waals surface area contributed by atoms with Gasteiger partial charge in [0.05, 0.1) is 0 Å². The van der Waals surface area contributed by atoms with E-state index in [4.69, 9.17) is 18.4 Å². The minimum atomic E-state index is -4.56. The molecule has 322 valence electrons. The Morgan fingerprint density at radius 1 is 0.452 bits per heavy atom. The SMILES string of the molecule is FC(F)(F)c1ccc(-c2cc3ccccc3c(-c3c(N[C](Nc4ccccn4)=[Au][Cl])c(-c4ccc(C(F)(F)F)cc4)cc4ccccc34)c2N[C](Nc2ccccn2)=[Au][Cl])cc1. The van der Waals surface area contributed by atoms with Crippen molar-refractivity contribution in [1.82, 2.24) is 9.97 Å². The van der Waals surface area contributed by atoms with Crippen LogP contribution in [-0.4, -0.2) is 17.9 Å². The van der Waals surface area contributed by atoms with Crippen LogP contribution >= 0.6 is 18.4 Å². The fourth-order valence-electron chi connectivity index (χ4n) is 7.01. The van der Waals surface area contributed by atoms with Gasteiger partial charge in [0.25, 0.3) is 0 Å². The van der Waals surface area contributed by atoms with E-state index < -0.39 is 59.9 Å². The molecule has 0 bridgehead atoms. The van der Waals surface area contributed by atoms with Crippen molar-refractivity contribution >= 4 is 70.9 Å². The topological polar surface area (TPSA) is 73.9 Å². The number of nitrogens with zero attached hydrogens (tertiary/aromatic N) is 2. The first-order valence-electron chi connectivity index (χ1n) is 18.4. The zero-order chi connectivity index (χ0) is 43.4. The Bertz CT molecular complexity index is 2750. The number of halogens is 8. The predicted molar refractivity (Wildman–Crippen MR) is 232 cm³/mol. The van der Waals surface area contributed by atoms with E-state index in [1.54, 1.807) is 36.7 Å². The first kappa shape index (κ1) is 43.4. The number of nitrogens with one attached hydrogen (secondary N) is 4. The molecule has 0 aliphatic heterocycles. The maximum atomic E-state index is 13.9. The van der Waals surface area contributed by atoms with E-state index in [9.17, 15) is 26.3 Å². The molecule has 16 heteroatoms. The molecule has 6 aromatic carbocycles. The van der Waals surface area contributed by atoms with Crippen molar-refractivity contribution < 1.29 is 62.8 Å². The van der Waals surface area contributed by atoms with Crippen LogP contribution in [-0.2, 0) is 48.8 Å². The van der Waals surface area contributed by atoms with Crippen molar-refractivity contribution in [2.75, 3.05) is 21.3 Å². The number of hydrogen-bond acceptors (Lipinski definition) is 6. The van der Waals surface area contributed by atoms with Gasteiger partial charge in [0.1, 0.15) is 0 Å². The third-order valence-corrected chi connectivity index (χ3v) is 13.5. The Kier molecular flexibility index (Phi) is 13.0. The zero-order valence-electron chi connectivity index (χ0n) is 31.5. The van der Waals surface area contributed by atoms with E-state index in [0.29, 0.717) is 64.3 Å². The van der Waals surface area contributed by atoms with Crippen LogP contribution in [0.15, 0.2) is 158 Å². The third kappa shape index (κ3) is 9.53. The summed E-state index contributed by atoms with van der Waals surface area (Å²) in [5, 5.41) is 16.8. The van der Waals surface area contributed by atoms with Crippen LogP contribution in [0.1, 0.15) is 11.1 Å². The van der Waals surface area contributed by atoms with Crippen LogP contribution in [0.2, 0.25) is 0 Å². The molecule has 0 aliphatic rings. The molecule has 62 heavy (non-hydrogen) atoms. The molecule has 0 aliphatic carbocycles. The maximum absolute atomic E-state index is 13.9. The van der Waals surface area contributed by atoms with Crippen molar-refractivity contribution in [3.8, 4) is 33.4 Å². The van der Waals surface area contributed by atoms with Gasteiger partial charge in [-0.25, -0.2) is 0 Å². The molecule has 2 heterocycles. The van der Waals surface area contributed by atoms with Gasteiger partial charge in [0.15, 0.2) is 0 Å². The molecule has 4 N–H and O–H groups in total. The average Bonchev–Trinajstić information content (AvgIpc) is 3.28. The Labute approximate surface area is 377 Å². The molecule has 0 spiro atoms. The summed E-state index contributed by atoms with van der Waals surface area (Å²) >= 11 is -2.23. The summed E-state index contributed by atoms with van der Waals surface area (Å²) in [7, 11) is 13.5. The Balaban J connectivity index is 1.48. The summed E-state index contributed by atoms with van der Waals surface area (Å²) in [5.74, 6) is 1.01. The number of hydrogen-bond donors (Lipinski definition) is 4. The standard InChI is InChI=1S/C46H30F6N6.2Au.2ClH/c47-45(48,49)33-19-15-29(16-20-33)37-25-31-9-1-3-11-35(31)41(43(37)57-27-55-39-13-5-7-23-53-39)42-36-12-4-2-10-32(36)26-38(30-17-21-34(22-18-30)46(50,51)52)44(42)58-28-56-40-14-6-8-24-54-40;;;;/h1-26,57-58H,(H,53,55)(H,54,56);;;2*1H/q;2*+1;;/p-2. The van der Waals surface area contributed by atoms with E-state index >= 15 is 0 Å². The van der Waals surface area contributed by atoms with Crippen LogP contribution in [0.25, 0.3) is 54.9 Å². The molecule has 8 aromatic rings. The molecular weight excluding hydrogens is 1220 g/mol. The van der Waals surface area contributed by atoms with Gasteiger partial charge in [0.2, 0.25) is 0 Å². The molecule has 0 atom stereocenters. The third-order valence-electron chi connectivity index (χ3n) is 9.75. The number of benzene rings is 6. The molecular formula is C46H30Au2Cl2F6N6. The zero-order valence-corrected chi connectivity index (χ0v) is 37.4. The molecule has 8 rings (SSSR count). The van der Waals surface area contributed by atoms with Crippen molar-refractivity contribution in [3.05, 3.63) is 169 Å². The molecule has 0 saturated carbocycles. The number of rotatable bonds is 11. The van der Waals surface area contributed by atoms with Crippen LogP contribution in [0.3, 0.4) is 0 Å². The Hall–Kier alpha value is -5.28. The summed E-state index contributed by atoms with van der Waals surface area (Å²) < 4.78 is 84.5. The van der Waals surface area contributed by atoms with Gasteiger partial charge in [-0.3, -0.25) is 0 Å². The number of aromatic nitrogens is 2. The van der Waals surface area contributed by atoms with Gasteiger partial charge < -0.3 is 0 Å². The fourth-order valence-corrected chi connectivity index (χ4v) is 9.44. The second-order valence-corrected chi connectivity index (χ2v) is 18.4. The van der Waals surface area contributed by atoms with Crippen LogP contribution in [0.5, 0.6) is 0 Å². The quantitative estimate of drug-likeness (QED) is 0.0764. The van der Waals surface area contributed by atoms with E-state index in [0.717, 1.165) is 45.8 Å². The summed E-state index contributed by atoms with van der Waals surface area (Å²) in [6.07, 6.45) is -5.87. The van der Waals surface area contributed by atoms with E-state index in [-0.39, 0.29) is 0 Å². The molecule has 6 nitrogen and oxygen atoms in total. The normalized spacial score (nSPS) is 12.9. The summed E-state index contributed by atoms with van der Waals surface area (Å²) in [6.45, 7) is 0. The molecule has 2 aromatic heterocycles. The molecule has 0 unspecified atom stereocenters. The van der Waals surface area contributed by atoms with Crippen molar-refractivity contribution in [1.29, 1.82) is 0 Å². The fraction of sp³-hybridized carbons (Fsp3) is 0.0435. The van der Waals surface area contributed by atoms with Crippen LogP contribution in [0.4, 0.5) is 49.4 Å². The average molecular weight is 1250 g/mol. The number of pyridine rings is 2. The first-order valence-corrected chi connectivity index (χ1v) is 25.9. The Morgan fingerprint density at radius 2 is 0.823 bits per heavy atom. The van der Waals surface area contributed by atoms with Crippen molar-refractivity contribution in [2.24, 2.45) is 0 Å². The van der Waals surface area contributed by atoms with Gasteiger partial charge in [-0.2, -0.15) is 0 Å². The Morgan fingerprint density at radius 3 is 1.16 bits per heavy atom. The molecule has 0 radical (unpaired) electrons. The van der Waals surface area contributed by atoms with Gasteiger partial charge >= 0.3 is 380 Å². The summed E-state index contributed by atoms with van der Waals surface area (Å²) in [6, 6.07) is 39.7. The molecule has 0 amide bonds. The van der Waals surface area contributed by atoms with Gasteiger partial charge in [-0.15, -0.1) is 0 Å². The predicted octanol–water partition coefficient (Wildman–Crippen LogP) is 13.5. The first-order chi connectivity index (χ1) is 29.9. The van der Waals surface area contributed by atoms with Gasteiger partial charge in [0, 0.05) is 0 Å². The second kappa shape index (κ2) is 18.6. The summed E-state index contributed by atoms with van der Waals surface area (Å²) in [5.41, 5.74) is 2.69. The number of anilines is 4. The second-order valence-electron chi connectivity index (χ2n) is 13.5. The molecule has 0 saturated heterocycles. The number of alkyl halides is 6. The van der Waals surface area contributed by atoms with Crippen molar-refractivity contribution in [2.45, 2.75) is 12.4 Å². The van der Waals surface area contributed by atoms with Gasteiger partial charge in [-0.05, 0) is 0 Å². The van der Waals surface area contributed by atoms with Crippen LogP contribution in [0, 0.1) is 0 Å². The minimum absolute atomic E-state index is 0.476. The van der Waals surface area contributed by atoms with E-state index in [2.05, 4.69) is 31.2 Å². The monoisotopic (exact) mass is 1240 g/mol.